The van der Waals surface area contributed by atoms with E-state index in [0.717, 1.165) is 46.4 Å². The van der Waals surface area contributed by atoms with Crippen LogP contribution in [0.15, 0.2) is 54.9 Å². The summed E-state index contributed by atoms with van der Waals surface area (Å²) >= 11 is 0. The molecule has 0 N–H and O–H groups in total. The number of nitriles is 1. The molecule has 0 atom stereocenters. The highest BCUT2D eigenvalue weighted by molar-refractivity contribution is 6.10. The molecule has 2 aliphatic heterocycles. The zero-order valence-corrected chi connectivity index (χ0v) is 21.5. The van der Waals surface area contributed by atoms with Gasteiger partial charge in [0.25, 0.3) is 5.91 Å². The number of alkyl halides is 1. The van der Waals surface area contributed by atoms with Crippen molar-refractivity contribution in [2.45, 2.75) is 38.0 Å². The maximum absolute atomic E-state index is 13.7. The van der Waals surface area contributed by atoms with Crippen LogP contribution in [0.3, 0.4) is 0 Å². The van der Waals surface area contributed by atoms with Crippen molar-refractivity contribution in [1.82, 2.24) is 24.6 Å². The summed E-state index contributed by atoms with van der Waals surface area (Å²) < 4.78 is 15.1. The highest BCUT2D eigenvalue weighted by atomic mass is 19.1. The molecule has 0 unspecified atom stereocenters. The minimum atomic E-state index is -0.749. The fourth-order valence-corrected chi connectivity index (χ4v) is 5.52. The standard InChI is InChI=1S/C30H26FN7O/c1-36-17-33-35-29(36)26-8-18(12-32)3-7-24(26)22-10-27(20-5-6-20)34-28(11-22)38-14-21-4-2-19(9-25(21)30(38)39)13-37-15-23(31)16-37/h2-4,7-11,17,20,23H,5-6,13-16H2,1H3. The lowest BCUT2D eigenvalue weighted by atomic mass is 9.96. The summed E-state index contributed by atoms with van der Waals surface area (Å²) in [5.41, 5.74) is 6.80. The van der Waals surface area contributed by atoms with Gasteiger partial charge in [0.15, 0.2) is 5.82 Å². The first-order valence-corrected chi connectivity index (χ1v) is 13.2. The number of benzene rings is 2. The van der Waals surface area contributed by atoms with E-state index in [9.17, 15) is 14.4 Å². The molecule has 39 heavy (non-hydrogen) atoms. The molecule has 9 heteroatoms. The third-order valence-corrected chi connectivity index (χ3v) is 7.81. The number of hydrogen-bond acceptors (Lipinski definition) is 6. The molecule has 0 bridgehead atoms. The number of anilines is 1. The van der Waals surface area contributed by atoms with Crippen LogP contribution in [0.1, 0.15) is 51.5 Å². The molecule has 0 radical (unpaired) electrons. The maximum Gasteiger partial charge on any atom is 0.260 e. The Morgan fingerprint density at radius 3 is 2.62 bits per heavy atom. The molecule has 1 saturated carbocycles. The molecule has 2 fully saturated rings. The Balaban J connectivity index is 1.27. The summed E-state index contributed by atoms with van der Waals surface area (Å²) in [6, 6.07) is 17.8. The molecule has 1 saturated heterocycles. The number of aromatic nitrogens is 4. The van der Waals surface area contributed by atoms with E-state index >= 15 is 0 Å². The number of aryl methyl sites for hydroxylation is 1. The van der Waals surface area contributed by atoms with Crippen LogP contribution in [0.5, 0.6) is 0 Å². The number of pyridine rings is 1. The van der Waals surface area contributed by atoms with Crippen LogP contribution in [-0.2, 0) is 20.1 Å². The smallest absolute Gasteiger partial charge is 0.260 e. The largest absolute Gasteiger partial charge is 0.317 e. The summed E-state index contributed by atoms with van der Waals surface area (Å²) in [6.45, 7) is 1.99. The number of carbonyl (C=O) groups excluding carboxylic acids is 1. The van der Waals surface area contributed by atoms with E-state index in [1.165, 1.54) is 0 Å². The molecule has 2 aromatic carbocycles. The van der Waals surface area contributed by atoms with Crippen LogP contribution in [0, 0.1) is 11.3 Å². The van der Waals surface area contributed by atoms with Gasteiger partial charge in [-0.25, -0.2) is 9.37 Å². The van der Waals surface area contributed by atoms with Gasteiger partial charge in [0, 0.05) is 49.4 Å². The number of hydrogen-bond donors (Lipinski definition) is 0. The molecule has 4 heterocycles. The highest BCUT2D eigenvalue weighted by Crippen LogP contribution is 2.43. The molecular weight excluding hydrogens is 493 g/mol. The first kappa shape index (κ1) is 23.7. The van der Waals surface area contributed by atoms with Gasteiger partial charge in [0.05, 0.1) is 18.2 Å². The molecule has 7 rings (SSSR count). The second kappa shape index (κ2) is 9.10. The molecule has 1 aliphatic carbocycles. The Labute approximate surface area is 225 Å². The second-order valence-corrected chi connectivity index (χ2v) is 10.7. The molecule has 8 nitrogen and oxygen atoms in total. The van der Waals surface area contributed by atoms with Gasteiger partial charge in [-0.2, -0.15) is 5.26 Å². The number of fused-ring (bicyclic) bond motifs is 1. The molecule has 1 amide bonds. The highest BCUT2D eigenvalue weighted by Gasteiger charge is 2.33. The lowest BCUT2D eigenvalue weighted by molar-refractivity contribution is 0.0591. The molecular formula is C30H26FN7O. The van der Waals surface area contributed by atoms with E-state index in [-0.39, 0.29) is 5.91 Å². The summed E-state index contributed by atoms with van der Waals surface area (Å²) in [6.07, 6.45) is 3.04. The summed E-state index contributed by atoms with van der Waals surface area (Å²) in [7, 11) is 1.87. The van der Waals surface area contributed by atoms with Gasteiger partial charge in [-0.3, -0.25) is 14.6 Å². The van der Waals surface area contributed by atoms with Crippen molar-refractivity contribution < 1.29 is 9.18 Å². The zero-order valence-electron chi connectivity index (χ0n) is 21.5. The Morgan fingerprint density at radius 1 is 1.05 bits per heavy atom. The summed E-state index contributed by atoms with van der Waals surface area (Å²) in [4.78, 5) is 22.4. The van der Waals surface area contributed by atoms with E-state index in [0.29, 0.717) is 54.9 Å². The topological polar surface area (TPSA) is 90.9 Å². The van der Waals surface area contributed by atoms with Gasteiger partial charge >= 0.3 is 0 Å². The van der Waals surface area contributed by atoms with Crippen LogP contribution in [0.2, 0.25) is 0 Å². The number of likely N-dealkylation sites (tertiary alicyclic amines) is 1. The van der Waals surface area contributed by atoms with Crippen molar-refractivity contribution in [3.8, 4) is 28.6 Å². The SMILES string of the molecule is Cn1cnnc1-c1cc(C#N)ccc1-c1cc(C2CC2)nc(N2Cc3ccc(CN4CC(F)C4)cc3C2=O)c1. The predicted molar refractivity (Wildman–Crippen MR) is 143 cm³/mol. The maximum atomic E-state index is 13.7. The number of carbonyl (C=O) groups is 1. The van der Waals surface area contributed by atoms with Crippen LogP contribution in [0.4, 0.5) is 10.2 Å². The Bertz CT molecular complexity index is 1660. The molecule has 2 aromatic heterocycles. The van der Waals surface area contributed by atoms with E-state index in [1.807, 2.05) is 52.9 Å². The number of nitrogens with zero attached hydrogens (tertiary/aromatic N) is 7. The second-order valence-electron chi connectivity index (χ2n) is 10.7. The third kappa shape index (κ3) is 4.27. The van der Waals surface area contributed by atoms with Crippen molar-refractivity contribution in [3.05, 3.63) is 82.8 Å². The monoisotopic (exact) mass is 519 g/mol. The third-order valence-electron chi connectivity index (χ3n) is 7.81. The molecule has 4 aromatic rings. The van der Waals surface area contributed by atoms with E-state index in [2.05, 4.69) is 22.3 Å². The fourth-order valence-electron chi connectivity index (χ4n) is 5.52. The zero-order chi connectivity index (χ0) is 26.7. The van der Waals surface area contributed by atoms with Gasteiger partial charge in [0.1, 0.15) is 18.3 Å². The van der Waals surface area contributed by atoms with Crippen molar-refractivity contribution in [3.63, 3.8) is 0 Å². The van der Waals surface area contributed by atoms with Crippen molar-refractivity contribution >= 4 is 11.7 Å². The number of rotatable bonds is 6. The quantitative estimate of drug-likeness (QED) is 0.370. The average Bonchev–Trinajstić information content (AvgIpc) is 3.62. The van der Waals surface area contributed by atoms with Gasteiger partial charge < -0.3 is 4.57 Å². The van der Waals surface area contributed by atoms with Gasteiger partial charge in [-0.15, -0.1) is 10.2 Å². The predicted octanol–water partition coefficient (Wildman–Crippen LogP) is 4.61. The normalized spacial score (nSPS) is 17.3. The van der Waals surface area contributed by atoms with E-state index in [1.54, 1.807) is 17.3 Å². The Morgan fingerprint density at radius 2 is 1.90 bits per heavy atom. The lowest BCUT2D eigenvalue weighted by Crippen LogP contribution is -2.47. The Kier molecular flexibility index (Phi) is 5.53. The van der Waals surface area contributed by atoms with Gasteiger partial charge in [-0.05, 0) is 65.4 Å². The molecule has 194 valence electrons. The first-order chi connectivity index (χ1) is 19.0. The van der Waals surface area contributed by atoms with Gasteiger partial charge in [0.2, 0.25) is 0 Å². The minimum absolute atomic E-state index is 0.0708. The number of amides is 1. The molecule has 3 aliphatic rings. The van der Waals surface area contributed by atoms with E-state index < -0.39 is 6.17 Å². The van der Waals surface area contributed by atoms with Crippen LogP contribution < -0.4 is 4.90 Å². The fraction of sp³-hybridized carbons (Fsp3) is 0.300. The van der Waals surface area contributed by atoms with Gasteiger partial charge in [-0.1, -0.05) is 18.2 Å². The lowest BCUT2D eigenvalue weighted by Gasteiger charge is -2.34. The van der Waals surface area contributed by atoms with Crippen molar-refractivity contribution in [2.75, 3.05) is 18.0 Å². The van der Waals surface area contributed by atoms with Crippen LogP contribution in [-0.4, -0.2) is 49.8 Å². The summed E-state index contributed by atoms with van der Waals surface area (Å²) in [5.74, 6) is 1.59. The average molecular weight is 520 g/mol. The minimum Gasteiger partial charge on any atom is -0.317 e. The van der Waals surface area contributed by atoms with Crippen molar-refractivity contribution in [2.24, 2.45) is 7.05 Å². The summed E-state index contributed by atoms with van der Waals surface area (Å²) in [5, 5.41) is 17.9. The Hall–Kier alpha value is -4.42. The molecule has 0 spiro atoms. The van der Waals surface area contributed by atoms with Crippen molar-refractivity contribution in [1.29, 1.82) is 5.26 Å². The first-order valence-electron chi connectivity index (χ1n) is 13.2. The number of halogens is 1. The van der Waals surface area contributed by atoms with Crippen LogP contribution in [0.25, 0.3) is 22.5 Å². The van der Waals surface area contributed by atoms with E-state index in [4.69, 9.17) is 4.98 Å². The van der Waals surface area contributed by atoms with Crippen LogP contribution >= 0.6 is 0 Å².